The number of benzene rings is 1. The predicted octanol–water partition coefficient (Wildman–Crippen LogP) is 4.10. The Bertz CT molecular complexity index is 625. The predicted molar refractivity (Wildman–Crippen MR) is 95.7 cm³/mol. The van der Waals surface area contributed by atoms with Gasteiger partial charge in [0.15, 0.2) is 0 Å². The Morgan fingerprint density at radius 2 is 1.85 bits per heavy atom. The van der Waals surface area contributed by atoms with E-state index in [0.717, 1.165) is 5.56 Å². The SMILES string of the molecule is CC(C)(C)[C@H](NC(=O)NC[C@@H]1CCN(CC(F)(F)F)C1)c1ccc(F)cc1. The van der Waals surface area contributed by atoms with Gasteiger partial charge < -0.3 is 10.6 Å². The molecule has 152 valence electrons. The molecule has 1 aliphatic rings. The number of nitrogens with zero attached hydrogens (tertiary/aromatic N) is 1. The highest BCUT2D eigenvalue weighted by atomic mass is 19.4. The molecule has 0 unspecified atom stereocenters. The number of hydrogen-bond acceptors (Lipinski definition) is 2. The number of nitrogens with one attached hydrogen (secondary N) is 2. The van der Waals surface area contributed by atoms with E-state index in [-0.39, 0.29) is 29.2 Å². The van der Waals surface area contributed by atoms with Gasteiger partial charge in [0, 0.05) is 13.1 Å². The lowest BCUT2D eigenvalue weighted by molar-refractivity contribution is -0.143. The maximum atomic E-state index is 13.2. The van der Waals surface area contributed by atoms with Crippen molar-refractivity contribution in [1.82, 2.24) is 15.5 Å². The Morgan fingerprint density at radius 1 is 1.22 bits per heavy atom. The lowest BCUT2D eigenvalue weighted by Gasteiger charge is -2.32. The first kappa shape index (κ1) is 21.5. The molecule has 4 nitrogen and oxygen atoms in total. The van der Waals surface area contributed by atoms with Gasteiger partial charge in [0.2, 0.25) is 0 Å². The largest absolute Gasteiger partial charge is 0.401 e. The van der Waals surface area contributed by atoms with Gasteiger partial charge in [-0.3, -0.25) is 4.90 Å². The van der Waals surface area contributed by atoms with Crippen molar-refractivity contribution in [3.63, 3.8) is 0 Å². The number of halogens is 4. The summed E-state index contributed by atoms with van der Waals surface area (Å²) in [5.74, 6) is -0.350. The van der Waals surface area contributed by atoms with Gasteiger partial charge in [0.1, 0.15) is 5.82 Å². The summed E-state index contributed by atoms with van der Waals surface area (Å²) < 4.78 is 50.5. The summed E-state index contributed by atoms with van der Waals surface area (Å²) in [6, 6.07) is 5.26. The lowest BCUT2D eigenvalue weighted by Crippen LogP contribution is -2.44. The van der Waals surface area contributed by atoms with Crippen LogP contribution < -0.4 is 10.6 Å². The molecule has 0 bridgehead atoms. The highest BCUT2D eigenvalue weighted by Gasteiger charge is 2.34. The second-order valence-corrected chi connectivity index (χ2v) is 8.21. The Hall–Kier alpha value is -1.83. The topological polar surface area (TPSA) is 44.4 Å². The summed E-state index contributed by atoms with van der Waals surface area (Å²) in [5, 5.41) is 5.66. The number of amides is 2. The summed E-state index contributed by atoms with van der Waals surface area (Å²) >= 11 is 0. The molecule has 0 saturated carbocycles. The van der Waals surface area contributed by atoms with Crippen molar-refractivity contribution in [2.24, 2.45) is 11.3 Å². The number of carbonyl (C=O) groups excluding carboxylic acids is 1. The van der Waals surface area contributed by atoms with Gasteiger partial charge in [0.25, 0.3) is 0 Å². The smallest absolute Gasteiger partial charge is 0.338 e. The minimum absolute atomic E-state index is 0.00277. The van der Waals surface area contributed by atoms with Gasteiger partial charge in [-0.25, -0.2) is 9.18 Å². The molecule has 1 aromatic rings. The molecule has 2 amide bonds. The number of alkyl halides is 3. The van der Waals surface area contributed by atoms with Crippen LogP contribution in [0.3, 0.4) is 0 Å². The fourth-order valence-electron chi connectivity index (χ4n) is 3.35. The number of hydrogen-bond donors (Lipinski definition) is 2. The zero-order valence-corrected chi connectivity index (χ0v) is 15.9. The maximum absolute atomic E-state index is 13.2. The number of urea groups is 1. The molecule has 1 aliphatic heterocycles. The van der Waals surface area contributed by atoms with Crippen LogP contribution in [0.5, 0.6) is 0 Å². The van der Waals surface area contributed by atoms with Crippen LogP contribution in [0.25, 0.3) is 0 Å². The van der Waals surface area contributed by atoms with Gasteiger partial charge in [-0.2, -0.15) is 13.2 Å². The van der Waals surface area contributed by atoms with E-state index in [2.05, 4.69) is 10.6 Å². The minimum Gasteiger partial charge on any atom is -0.338 e. The van der Waals surface area contributed by atoms with Gasteiger partial charge in [-0.1, -0.05) is 32.9 Å². The average molecular weight is 389 g/mol. The van der Waals surface area contributed by atoms with E-state index in [1.807, 2.05) is 20.8 Å². The standard InChI is InChI=1S/C19H27F4N3O/c1-18(2,3)16(14-4-6-15(20)7-5-14)25-17(27)24-10-13-8-9-26(11-13)12-19(21,22)23/h4-7,13,16H,8-12H2,1-3H3,(H2,24,25,27)/t13-,16+/m0/s1. The van der Waals surface area contributed by atoms with E-state index in [0.29, 0.717) is 26.1 Å². The van der Waals surface area contributed by atoms with Crippen molar-refractivity contribution in [2.75, 3.05) is 26.2 Å². The molecule has 2 rings (SSSR count). The van der Waals surface area contributed by atoms with E-state index in [1.54, 1.807) is 12.1 Å². The van der Waals surface area contributed by atoms with E-state index in [9.17, 15) is 22.4 Å². The molecule has 1 heterocycles. The molecule has 8 heteroatoms. The summed E-state index contributed by atoms with van der Waals surface area (Å²) in [6.45, 7) is 6.01. The molecule has 2 N–H and O–H groups in total. The molecule has 1 fully saturated rings. The van der Waals surface area contributed by atoms with E-state index in [4.69, 9.17) is 0 Å². The normalized spacial score (nSPS) is 19.7. The number of carbonyl (C=O) groups is 1. The van der Waals surface area contributed by atoms with Crippen molar-refractivity contribution >= 4 is 6.03 Å². The molecule has 2 atom stereocenters. The lowest BCUT2D eigenvalue weighted by atomic mass is 9.82. The molecular weight excluding hydrogens is 362 g/mol. The third kappa shape index (κ3) is 7.01. The fraction of sp³-hybridized carbons (Fsp3) is 0.632. The molecule has 27 heavy (non-hydrogen) atoms. The van der Waals surface area contributed by atoms with E-state index in [1.165, 1.54) is 17.0 Å². The van der Waals surface area contributed by atoms with Gasteiger partial charge in [0.05, 0.1) is 12.6 Å². The first-order chi connectivity index (χ1) is 12.4. The molecule has 1 aromatic carbocycles. The summed E-state index contributed by atoms with van der Waals surface area (Å²) in [5.41, 5.74) is 0.489. The average Bonchev–Trinajstić information content (AvgIpc) is 2.96. The summed E-state index contributed by atoms with van der Waals surface area (Å²) in [6.07, 6.45) is -3.58. The zero-order valence-electron chi connectivity index (χ0n) is 15.9. The van der Waals surface area contributed by atoms with Crippen LogP contribution in [0.2, 0.25) is 0 Å². The van der Waals surface area contributed by atoms with Crippen LogP contribution in [0.1, 0.15) is 38.8 Å². The Kier molecular flexibility index (Phi) is 6.72. The first-order valence-corrected chi connectivity index (χ1v) is 9.03. The quantitative estimate of drug-likeness (QED) is 0.745. The first-order valence-electron chi connectivity index (χ1n) is 9.03. The number of likely N-dealkylation sites (tertiary alicyclic amines) is 1. The highest BCUT2D eigenvalue weighted by molar-refractivity contribution is 5.74. The molecule has 1 saturated heterocycles. The fourth-order valence-corrected chi connectivity index (χ4v) is 3.35. The van der Waals surface area contributed by atoms with Crippen LogP contribution in [0.15, 0.2) is 24.3 Å². The van der Waals surface area contributed by atoms with Gasteiger partial charge in [-0.05, 0) is 42.0 Å². The third-order valence-corrected chi connectivity index (χ3v) is 4.67. The molecular formula is C19H27F4N3O. The van der Waals surface area contributed by atoms with E-state index >= 15 is 0 Å². The Balaban J connectivity index is 1.87. The maximum Gasteiger partial charge on any atom is 0.401 e. The highest BCUT2D eigenvalue weighted by Crippen LogP contribution is 2.32. The van der Waals surface area contributed by atoms with Crippen LogP contribution in [0.4, 0.5) is 22.4 Å². The zero-order chi connectivity index (χ0) is 20.2. The van der Waals surface area contributed by atoms with Crippen LogP contribution >= 0.6 is 0 Å². The van der Waals surface area contributed by atoms with Crippen molar-refractivity contribution in [1.29, 1.82) is 0 Å². The Morgan fingerprint density at radius 3 is 2.41 bits per heavy atom. The minimum atomic E-state index is -4.20. The van der Waals surface area contributed by atoms with Crippen molar-refractivity contribution < 1.29 is 22.4 Å². The summed E-state index contributed by atoms with van der Waals surface area (Å²) in [7, 11) is 0. The van der Waals surface area contributed by atoms with Crippen molar-refractivity contribution in [2.45, 2.75) is 39.4 Å². The third-order valence-electron chi connectivity index (χ3n) is 4.67. The molecule has 0 spiro atoms. The van der Waals surface area contributed by atoms with Crippen LogP contribution in [0, 0.1) is 17.2 Å². The monoisotopic (exact) mass is 389 g/mol. The van der Waals surface area contributed by atoms with Gasteiger partial charge >= 0.3 is 12.2 Å². The van der Waals surface area contributed by atoms with Crippen LogP contribution in [-0.2, 0) is 0 Å². The second kappa shape index (κ2) is 8.46. The number of rotatable bonds is 5. The second-order valence-electron chi connectivity index (χ2n) is 8.21. The van der Waals surface area contributed by atoms with Crippen molar-refractivity contribution in [3.05, 3.63) is 35.6 Å². The van der Waals surface area contributed by atoms with Gasteiger partial charge in [-0.15, -0.1) is 0 Å². The van der Waals surface area contributed by atoms with Crippen molar-refractivity contribution in [3.8, 4) is 0 Å². The molecule has 0 aromatic heterocycles. The van der Waals surface area contributed by atoms with Crippen LogP contribution in [-0.4, -0.2) is 43.3 Å². The molecule has 0 aliphatic carbocycles. The van der Waals surface area contributed by atoms with E-state index < -0.39 is 12.7 Å². The molecule has 0 radical (unpaired) electrons. The Labute approximate surface area is 157 Å². The summed E-state index contributed by atoms with van der Waals surface area (Å²) in [4.78, 5) is 13.7.